The van der Waals surface area contributed by atoms with Gasteiger partial charge >= 0.3 is 0 Å². The molecule has 1 atom stereocenters. The second kappa shape index (κ2) is 4.81. The molecule has 1 unspecified atom stereocenters. The Kier molecular flexibility index (Phi) is 3.99. The lowest BCUT2D eigenvalue weighted by molar-refractivity contribution is 0.410. The molecule has 0 aliphatic rings. The molecular formula is C10H14INO. The van der Waals surface area contributed by atoms with E-state index < -0.39 is 0 Å². The molecule has 1 rings (SSSR count). The van der Waals surface area contributed by atoms with Crippen molar-refractivity contribution in [2.75, 3.05) is 14.2 Å². The predicted molar refractivity (Wildman–Crippen MR) is 63.2 cm³/mol. The topological polar surface area (TPSA) is 21.3 Å². The van der Waals surface area contributed by atoms with Gasteiger partial charge in [-0.25, -0.2) is 0 Å². The summed E-state index contributed by atoms with van der Waals surface area (Å²) in [4.78, 5) is 0. The van der Waals surface area contributed by atoms with Gasteiger partial charge in [0, 0.05) is 6.04 Å². The summed E-state index contributed by atoms with van der Waals surface area (Å²) in [6.07, 6.45) is 0. The summed E-state index contributed by atoms with van der Waals surface area (Å²) in [7, 11) is 3.65. The number of nitrogens with one attached hydrogen (secondary N) is 1. The summed E-state index contributed by atoms with van der Waals surface area (Å²) in [5.74, 6) is 0.945. The SMILES string of the molecule is CNC(C)c1ccc(I)c(OC)c1. The van der Waals surface area contributed by atoms with E-state index in [0.29, 0.717) is 6.04 Å². The minimum Gasteiger partial charge on any atom is -0.496 e. The van der Waals surface area contributed by atoms with E-state index in [0.717, 1.165) is 9.32 Å². The molecule has 0 fully saturated rings. The highest BCUT2D eigenvalue weighted by atomic mass is 127. The Morgan fingerprint density at radius 2 is 2.15 bits per heavy atom. The van der Waals surface area contributed by atoms with Crippen molar-refractivity contribution in [3.63, 3.8) is 0 Å². The molecule has 0 radical (unpaired) electrons. The van der Waals surface area contributed by atoms with E-state index in [2.05, 4.69) is 53.0 Å². The lowest BCUT2D eigenvalue weighted by Crippen LogP contribution is -2.12. The summed E-state index contributed by atoms with van der Waals surface area (Å²) >= 11 is 2.27. The van der Waals surface area contributed by atoms with Gasteiger partial charge in [-0.05, 0) is 54.3 Å². The molecule has 0 heterocycles. The third-order valence-corrected chi connectivity index (χ3v) is 3.00. The van der Waals surface area contributed by atoms with Crippen LogP contribution in [0.2, 0.25) is 0 Å². The fourth-order valence-corrected chi connectivity index (χ4v) is 1.67. The van der Waals surface area contributed by atoms with Crippen molar-refractivity contribution in [2.24, 2.45) is 0 Å². The smallest absolute Gasteiger partial charge is 0.132 e. The molecule has 0 saturated carbocycles. The largest absolute Gasteiger partial charge is 0.496 e. The van der Waals surface area contributed by atoms with Crippen LogP contribution in [0.4, 0.5) is 0 Å². The molecule has 0 aliphatic heterocycles. The first-order valence-corrected chi connectivity index (χ1v) is 5.27. The van der Waals surface area contributed by atoms with Gasteiger partial charge in [-0.2, -0.15) is 0 Å². The molecule has 0 amide bonds. The molecule has 0 spiro atoms. The van der Waals surface area contributed by atoms with Crippen molar-refractivity contribution < 1.29 is 4.74 Å². The van der Waals surface area contributed by atoms with Crippen LogP contribution in [0.25, 0.3) is 0 Å². The Morgan fingerprint density at radius 3 is 2.69 bits per heavy atom. The normalized spacial score (nSPS) is 12.6. The Hall–Kier alpha value is -0.290. The van der Waals surface area contributed by atoms with Gasteiger partial charge in [-0.3, -0.25) is 0 Å². The third kappa shape index (κ3) is 2.57. The number of hydrogen-bond donors (Lipinski definition) is 1. The summed E-state index contributed by atoms with van der Waals surface area (Å²) in [6.45, 7) is 2.13. The molecule has 0 saturated heterocycles. The highest BCUT2D eigenvalue weighted by Crippen LogP contribution is 2.24. The maximum atomic E-state index is 5.25. The van der Waals surface area contributed by atoms with Crippen LogP contribution in [-0.2, 0) is 0 Å². The molecule has 72 valence electrons. The first-order chi connectivity index (χ1) is 6.19. The van der Waals surface area contributed by atoms with Crippen molar-refractivity contribution in [3.05, 3.63) is 27.3 Å². The number of hydrogen-bond acceptors (Lipinski definition) is 2. The van der Waals surface area contributed by atoms with Crippen molar-refractivity contribution in [1.82, 2.24) is 5.32 Å². The summed E-state index contributed by atoms with van der Waals surface area (Å²) in [5, 5.41) is 3.19. The average Bonchev–Trinajstić information content (AvgIpc) is 2.17. The van der Waals surface area contributed by atoms with Gasteiger partial charge in [-0.15, -0.1) is 0 Å². The summed E-state index contributed by atoms with van der Waals surface area (Å²) in [6, 6.07) is 6.63. The summed E-state index contributed by atoms with van der Waals surface area (Å²) in [5.41, 5.74) is 1.25. The fraction of sp³-hybridized carbons (Fsp3) is 0.400. The Bertz CT molecular complexity index is 288. The lowest BCUT2D eigenvalue weighted by Gasteiger charge is -2.12. The number of methoxy groups -OCH3 is 1. The van der Waals surface area contributed by atoms with E-state index in [1.807, 2.05) is 7.05 Å². The predicted octanol–water partition coefficient (Wildman–Crippen LogP) is 2.58. The molecule has 1 aromatic carbocycles. The second-order valence-corrected chi connectivity index (χ2v) is 4.07. The molecule has 0 aliphatic carbocycles. The van der Waals surface area contributed by atoms with Crippen LogP contribution in [0, 0.1) is 3.57 Å². The monoisotopic (exact) mass is 291 g/mol. The van der Waals surface area contributed by atoms with Gasteiger partial charge in [0.05, 0.1) is 10.7 Å². The quantitative estimate of drug-likeness (QED) is 0.864. The Balaban J connectivity index is 2.99. The first kappa shape index (κ1) is 10.8. The van der Waals surface area contributed by atoms with E-state index in [1.54, 1.807) is 7.11 Å². The number of halogens is 1. The molecule has 1 aromatic rings. The molecule has 2 nitrogen and oxygen atoms in total. The van der Waals surface area contributed by atoms with Crippen LogP contribution in [0.5, 0.6) is 5.75 Å². The van der Waals surface area contributed by atoms with Crippen LogP contribution in [0.3, 0.4) is 0 Å². The molecule has 13 heavy (non-hydrogen) atoms. The van der Waals surface area contributed by atoms with Crippen molar-refractivity contribution in [3.8, 4) is 5.75 Å². The van der Waals surface area contributed by atoms with Gasteiger partial charge in [0.25, 0.3) is 0 Å². The van der Waals surface area contributed by atoms with Gasteiger partial charge in [-0.1, -0.05) is 6.07 Å². The zero-order valence-corrected chi connectivity index (χ0v) is 10.3. The van der Waals surface area contributed by atoms with Gasteiger partial charge < -0.3 is 10.1 Å². The molecule has 0 aromatic heterocycles. The lowest BCUT2D eigenvalue weighted by atomic mass is 10.1. The highest BCUT2D eigenvalue weighted by Gasteiger charge is 2.05. The summed E-state index contributed by atoms with van der Waals surface area (Å²) < 4.78 is 6.39. The van der Waals surface area contributed by atoms with Crippen molar-refractivity contribution >= 4 is 22.6 Å². The van der Waals surface area contributed by atoms with Gasteiger partial charge in [0.1, 0.15) is 5.75 Å². The van der Waals surface area contributed by atoms with Crippen LogP contribution < -0.4 is 10.1 Å². The zero-order valence-electron chi connectivity index (χ0n) is 8.10. The fourth-order valence-electron chi connectivity index (χ4n) is 1.11. The molecule has 0 bridgehead atoms. The van der Waals surface area contributed by atoms with E-state index >= 15 is 0 Å². The standard InChI is InChI=1S/C10H14INO/c1-7(12-2)8-4-5-9(11)10(6-8)13-3/h4-7,12H,1-3H3. The second-order valence-electron chi connectivity index (χ2n) is 2.90. The highest BCUT2D eigenvalue weighted by molar-refractivity contribution is 14.1. The maximum Gasteiger partial charge on any atom is 0.132 e. The van der Waals surface area contributed by atoms with Crippen molar-refractivity contribution in [2.45, 2.75) is 13.0 Å². The number of rotatable bonds is 3. The van der Waals surface area contributed by atoms with Gasteiger partial charge in [0.2, 0.25) is 0 Å². The van der Waals surface area contributed by atoms with Gasteiger partial charge in [0.15, 0.2) is 0 Å². The average molecular weight is 291 g/mol. The van der Waals surface area contributed by atoms with E-state index in [4.69, 9.17) is 4.74 Å². The van der Waals surface area contributed by atoms with Crippen LogP contribution in [-0.4, -0.2) is 14.2 Å². The third-order valence-electron chi connectivity index (χ3n) is 2.11. The minimum atomic E-state index is 0.367. The van der Waals surface area contributed by atoms with E-state index in [9.17, 15) is 0 Å². The number of ether oxygens (including phenoxy) is 1. The Labute approximate surface area is 92.8 Å². The molecule has 1 N–H and O–H groups in total. The first-order valence-electron chi connectivity index (χ1n) is 4.19. The van der Waals surface area contributed by atoms with Crippen LogP contribution >= 0.6 is 22.6 Å². The van der Waals surface area contributed by atoms with Crippen molar-refractivity contribution in [1.29, 1.82) is 0 Å². The molecular weight excluding hydrogens is 277 g/mol. The Morgan fingerprint density at radius 1 is 1.46 bits per heavy atom. The van der Waals surface area contributed by atoms with Crippen LogP contribution in [0.1, 0.15) is 18.5 Å². The molecule has 3 heteroatoms. The zero-order chi connectivity index (χ0) is 9.84. The van der Waals surface area contributed by atoms with E-state index in [1.165, 1.54) is 5.56 Å². The van der Waals surface area contributed by atoms with E-state index in [-0.39, 0.29) is 0 Å². The maximum absolute atomic E-state index is 5.25. The van der Waals surface area contributed by atoms with Crippen LogP contribution in [0.15, 0.2) is 18.2 Å². The number of benzene rings is 1. The minimum absolute atomic E-state index is 0.367.